The molecule has 3 nitrogen and oxygen atoms in total. The Kier molecular flexibility index (Phi) is 4.53. The number of halogens is 3. The average Bonchev–Trinajstić information content (AvgIpc) is 2.57. The van der Waals surface area contributed by atoms with Crippen LogP contribution >= 0.6 is 39.3 Å². The van der Waals surface area contributed by atoms with Crippen molar-refractivity contribution in [3.05, 3.63) is 27.4 Å². The summed E-state index contributed by atoms with van der Waals surface area (Å²) < 4.78 is 14.4. The summed E-state index contributed by atoms with van der Waals surface area (Å²) in [5.74, 6) is -0.748. The van der Waals surface area contributed by atoms with Gasteiger partial charge < -0.3 is 4.90 Å². The van der Waals surface area contributed by atoms with E-state index in [1.165, 1.54) is 17.9 Å². The quantitative estimate of drug-likeness (QED) is 0.802. The molecule has 0 aromatic heterocycles. The average molecular weight is 367 g/mol. The molecule has 1 saturated heterocycles. The Morgan fingerprint density at radius 3 is 2.84 bits per heavy atom. The van der Waals surface area contributed by atoms with Crippen LogP contribution in [-0.4, -0.2) is 22.8 Å². The molecule has 7 heteroatoms. The zero-order valence-corrected chi connectivity index (χ0v) is 13.1. The van der Waals surface area contributed by atoms with Gasteiger partial charge >= 0.3 is 0 Å². The lowest BCUT2D eigenvalue weighted by Gasteiger charge is -2.19. The first-order valence-electron chi connectivity index (χ1n) is 5.50. The minimum atomic E-state index is -0.554. The Morgan fingerprint density at radius 2 is 2.26 bits per heavy atom. The van der Waals surface area contributed by atoms with E-state index in [4.69, 9.17) is 11.6 Å². The fraction of sp³-hybridized carbons (Fsp3) is 0.333. The van der Waals surface area contributed by atoms with Crippen LogP contribution in [0.3, 0.4) is 0 Å². The largest absolute Gasteiger partial charge is 0.308 e. The van der Waals surface area contributed by atoms with Crippen LogP contribution < -0.4 is 4.90 Å². The Balaban J connectivity index is 2.28. The summed E-state index contributed by atoms with van der Waals surface area (Å²) >= 11 is 10.1. The van der Waals surface area contributed by atoms with E-state index in [9.17, 15) is 14.0 Å². The number of anilines is 1. The Morgan fingerprint density at radius 1 is 1.58 bits per heavy atom. The van der Waals surface area contributed by atoms with Crippen LogP contribution in [-0.2, 0) is 9.59 Å². The second-order valence-electron chi connectivity index (χ2n) is 4.16. The lowest BCUT2D eigenvalue weighted by Crippen LogP contribution is -2.26. The van der Waals surface area contributed by atoms with Crippen molar-refractivity contribution in [2.75, 3.05) is 11.4 Å². The van der Waals surface area contributed by atoms with Crippen molar-refractivity contribution in [3.63, 3.8) is 0 Å². The first-order chi connectivity index (χ1) is 8.88. The van der Waals surface area contributed by atoms with Gasteiger partial charge in [-0.2, -0.15) is 0 Å². The van der Waals surface area contributed by atoms with Crippen LogP contribution in [0.1, 0.15) is 13.3 Å². The molecule has 1 fully saturated rings. The molecule has 1 amide bonds. The summed E-state index contributed by atoms with van der Waals surface area (Å²) in [7, 11) is 0. The first kappa shape index (κ1) is 14.8. The summed E-state index contributed by atoms with van der Waals surface area (Å²) in [5.41, 5.74) is 0.182. The minimum absolute atomic E-state index is 0.0460. The number of amides is 1. The van der Waals surface area contributed by atoms with E-state index in [1.807, 2.05) is 0 Å². The molecule has 1 aliphatic rings. The number of carbonyl (C=O) groups is 2. The molecular weight excluding hydrogens is 357 g/mol. The van der Waals surface area contributed by atoms with Crippen molar-refractivity contribution in [1.82, 2.24) is 0 Å². The van der Waals surface area contributed by atoms with Crippen LogP contribution in [0.5, 0.6) is 0 Å². The zero-order valence-electron chi connectivity index (χ0n) is 9.95. The molecule has 0 aliphatic carbocycles. The van der Waals surface area contributed by atoms with E-state index in [-0.39, 0.29) is 33.4 Å². The van der Waals surface area contributed by atoms with Gasteiger partial charge in [0.25, 0.3) is 0 Å². The van der Waals surface area contributed by atoms with Crippen molar-refractivity contribution in [2.45, 2.75) is 18.6 Å². The molecule has 1 aromatic carbocycles. The maximum atomic E-state index is 13.9. The molecule has 0 saturated carbocycles. The van der Waals surface area contributed by atoms with Gasteiger partial charge in [0, 0.05) is 34.6 Å². The van der Waals surface area contributed by atoms with Gasteiger partial charge in [0.2, 0.25) is 5.91 Å². The normalized spacial score (nSPS) is 19.1. The van der Waals surface area contributed by atoms with Crippen LogP contribution in [0.25, 0.3) is 0 Å². The first-order valence-corrected chi connectivity index (χ1v) is 7.55. The van der Waals surface area contributed by atoms with E-state index in [0.717, 1.165) is 11.8 Å². The van der Waals surface area contributed by atoms with Crippen LogP contribution in [0.15, 0.2) is 16.6 Å². The second kappa shape index (κ2) is 5.81. The van der Waals surface area contributed by atoms with E-state index in [2.05, 4.69) is 15.9 Å². The van der Waals surface area contributed by atoms with E-state index < -0.39 is 5.82 Å². The van der Waals surface area contributed by atoms with E-state index in [1.54, 1.807) is 6.07 Å². The van der Waals surface area contributed by atoms with Gasteiger partial charge in [-0.05, 0) is 28.1 Å². The third-order valence-electron chi connectivity index (χ3n) is 2.67. The molecule has 1 aromatic rings. The summed E-state index contributed by atoms with van der Waals surface area (Å²) in [6.45, 7) is 1.77. The predicted molar refractivity (Wildman–Crippen MR) is 78.1 cm³/mol. The zero-order chi connectivity index (χ0) is 14.2. The molecule has 1 heterocycles. The van der Waals surface area contributed by atoms with Crippen LogP contribution in [0, 0.1) is 5.82 Å². The smallest absolute Gasteiger partial charge is 0.228 e. The van der Waals surface area contributed by atoms with Gasteiger partial charge in [0.15, 0.2) is 5.12 Å². The summed E-state index contributed by atoms with van der Waals surface area (Å²) in [5, 5.41) is 0.0803. The fourth-order valence-electron chi connectivity index (χ4n) is 2.00. The van der Waals surface area contributed by atoms with Crippen molar-refractivity contribution < 1.29 is 14.0 Å². The highest BCUT2D eigenvalue weighted by Gasteiger charge is 2.34. The lowest BCUT2D eigenvalue weighted by molar-refractivity contribution is -0.117. The monoisotopic (exact) mass is 365 g/mol. The number of hydrogen-bond acceptors (Lipinski definition) is 3. The van der Waals surface area contributed by atoms with Crippen molar-refractivity contribution in [2.24, 2.45) is 0 Å². The molecule has 0 radical (unpaired) electrons. The molecular formula is C12H10BrClFNO2S. The molecule has 0 N–H and O–H groups in total. The predicted octanol–water partition coefficient (Wildman–Crippen LogP) is 3.63. The molecule has 19 heavy (non-hydrogen) atoms. The highest BCUT2D eigenvalue weighted by atomic mass is 79.9. The summed E-state index contributed by atoms with van der Waals surface area (Å²) in [4.78, 5) is 24.4. The number of rotatable bonds is 2. The molecule has 1 atom stereocenters. The third kappa shape index (κ3) is 3.30. The van der Waals surface area contributed by atoms with Gasteiger partial charge in [0.05, 0.1) is 5.69 Å². The third-order valence-corrected chi connectivity index (χ3v) is 4.48. The van der Waals surface area contributed by atoms with E-state index >= 15 is 0 Å². The Bertz CT molecular complexity index is 532. The van der Waals surface area contributed by atoms with Gasteiger partial charge in [-0.1, -0.05) is 23.4 Å². The van der Waals surface area contributed by atoms with Gasteiger partial charge in [-0.3, -0.25) is 9.59 Å². The lowest BCUT2D eigenvalue weighted by atomic mass is 10.3. The number of thioether (sulfide) groups is 1. The van der Waals surface area contributed by atoms with Crippen molar-refractivity contribution >= 4 is 56.0 Å². The number of benzene rings is 1. The molecule has 102 valence electrons. The van der Waals surface area contributed by atoms with Crippen molar-refractivity contribution in [3.8, 4) is 0 Å². The fourth-order valence-corrected chi connectivity index (χ4v) is 3.90. The van der Waals surface area contributed by atoms with Crippen molar-refractivity contribution in [1.29, 1.82) is 0 Å². The van der Waals surface area contributed by atoms with Crippen LogP contribution in [0.2, 0.25) is 5.02 Å². The highest BCUT2D eigenvalue weighted by molar-refractivity contribution is 9.10. The molecule has 2 rings (SSSR count). The van der Waals surface area contributed by atoms with Crippen LogP contribution in [0.4, 0.5) is 10.1 Å². The standard InChI is InChI=1S/C12H10BrClFNO2S/c1-6(17)19-8-4-11(18)16(5-8)12-9(13)2-7(14)3-10(12)15/h2-3,8H,4-5H2,1H3. The molecule has 0 bridgehead atoms. The summed E-state index contributed by atoms with van der Waals surface area (Å²) in [6.07, 6.45) is 0.235. The highest BCUT2D eigenvalue weighted by Crippen LogP contribution is 2.36. The van der Waals surface area contributed by atoms with Gasteiger partial charge in [-0.15, -0.1) is 0 Å². The maximum Gasteiger partial charge on any atom is 0.228 e. The Labute approximate surface area is 127 Å². The maximum absolute atomic E-state index is 13.9. The second-order valence-corrected chi connectivity index (χ2v) is 6.93. The van der Waals surface area contributed by atoms with E-state index in [0.29, 0.717) is 11.0 Å². The number of nitrogens with zero attached hydrogens (tertiary/aromatic N) is 1. The number of hydrogen-bond donors (Lipinski definition) is 0. The Hall–Kier alpha value is -0.590. The van der Waals surface area contributed by atoms with Gasteiger partial charge in [0.1, 0.15) is 5.82 Å². The summed E-state index contributed by atoms with van der Waals surface area (Å²) in [6, 6.07) is 2.71. The molecule has 1 unspecified atom stereocenters. The molecule has 1 aliphatic heterocycles. The minimum Gasteiger partial charge on any atom is -0.308 e. The molecule has 0 spiro atoms. The van der Waals surface area contributed by atoms with Gasteiger partial charge in [-0.25, -0.2) is 4.39 Å². The number of carbonyl (C=O) groups excluding carboxylic acids is 2. The topological polar surface area (TPSA) is 37.4 Å². The SMILES string of the molecule is CC(=O)SC1CC(=O)N(c2c(F)cc(Cl)cc2Br)C1.